The Balaban J connectivity index is 0.00000240. The maximum atomic E-state index is 6.27. The molecule has 0 radical (unpaired) electrons. The number of hydrogen-bond acceptors (Lipinski definition) is 8. The van der Waals surface area contributed by atoms with Gasteiger partial charge in [0.05, 0.1) is 23.7 Å². The van der Waals surface area contributed by atoms with Crippen LogP contribution in [0.3, 0.4) is 0 Å². The van der Waals surface area contributed by atoms with Crippen molar-refractivity contribution in [3.63, 3.8) is 0 Å². The van der Waals surface area contributed by atoms with E-state index in [1.807, 2.05) is 6.07 Å². The molecule has 1 aliphatic rings. The first-order valence-electron chi connectivity index (χ1n) is 9.23. The van der Waals surface area contributed by atoms with E-state index in [0.717, 1.165) is 43.3 Å². The fourth-order valence-corrected chi connectivity index (χ4v) is 3.35. The molecule has 3 aromatic rings. The third-order valence-electron chi connectivity index (χ3n) is 4.56. The van der Waals surface area contributed by atoms with Crippen LogP contribution in [0.25, 0.3) is 11.3 Å². The van der Waals surface area contributed by atoms with Crippen LogP contribution in [0.2, 0.25) is 5.15 Å². The molecular weight excluding hydrogens is 413 g/mol. The molecule has 1 aliphatic heterocycles. The second-order valence-electron chi connectivity index (χ2n) is 6.85. The van der Waals surface area contributed by atoms with Gasteiger partial charge in [-0.15, -0.1) is 12.4 Å². The lowest BCUT2D eigenvalue weighted by molar-refractivity contribution is 0.584. The van der Waals surface area contributed by atoms with E-state index in [1.54, 1.807) is 18.6 Å². The zero-order chi connectivity index (χ0) is 19.5. The van der Waals surface area contributed by atoms with Gasteiger partial charge >= 0.3 is 0 Å². The van der Waals surface area contributed by atoms with Crippen molar-refractivity contribution >= 4 is 41.6 Å². The molecule has 0 atom stereocenters. The number of anilines is 3. The van der Waals surface area contributed by atoms with E-state index in [4.69, 9.17) is 11.6 Å². The highest BCUT2D eigenvalue weighted by atomic mass is 35.5. The predicted molar refractivity (Wildman–Crippen MR) is 116 cm³/mol. The van der Waals surface area contributed by atoms with Crippen LogP contribution < -0.4 is 15.5 Å². The van der Waals surface area contributed by atoms with Gasteiger partial charge in [-0.1, -0.05) is 25.4 Å². The molecule has 0 bridgehead atoms. The van der Waals surface area contributed by atoms with E-state index >= 15 is 0 Å². The summed E-state index contributed by atoms with van der Waals surface area (Å²) in [5, 5.41) is 13.9. The molecule has 0 aromatic carbocycles. The molecule has 11 heteroatoms. The minimum absolute atomic E-state index is 0. The highest BCUT2D eigenvalue weighted by Crippen LogP contribution is 2.32. The van der Waals surface area contributed by atoms with Gasteiger partial charge in [0, 0.05) is 38.1 Å². The summed E-state index contributed by atoms with van der Waals surface area (Å²) >= 11 is 6.27. The van der Waals surface area contributed by atoms with Crippen molar-refractivity contribution in [2.75, 3.05) is 36.4 Å². The van der Waals surface area contributed by atoms with E-state index in [1.165, 1.54) is 0 Å². The first kappa shape index (κ1) is 21.2. The lowest BCUT2D eigenvalue weighted by atomic mass is 10.0. The molecule has 3 aromatic heterocycles. The summed E-state index contributed by atoms with van der Waals surface area (Å²) in [5.74, 6) is 2.12. The van der Waals surface area contributed by atoms with Crippen molar-refractivity contribution < 1.29 is 0 Å². The van der Waals surface area contributed by atoms with E-state index in [-0.39, 0.29) is 18.3 Å². The van der Waals surface area contributed by atoms with Crippen molar-refractivity contribution in [1.82, 2.24) is 35.5 Å². The van der Waals surface area contributed by atoms with Crippen LogP contribution in [-0.2, 0) is 0 Å². The third kappa shape index (κ3) is 4.75. The molecule has 4 heterocycles. The lowest BCUT2D eigenvalue weighted by Gasteiger charge is -2.28. The number of piperazine rings is 1. The number of nitrogens with one attached hydrogen (secondary N) is 3. The Bertz CT molecular complexity index is 937. The molecular formula is C18H23Cl2N9. The van der Waals surface area contributed by atoms with Crippen LogP contribution in [0.15, 0.2) is 24.7 Å². The van der Waals surface area contributed by atoms with Gasteiger partial charge in [0.15, 0.2) is 11.0 Å². The number of rotatable bonds is 5. The van der Waals surface area contributed by atoms with Gasteiger partial charge in [-0.05, 0) is 12.0 Å². The van der Waals surface area contributed by atoms with Crippen molar-refractivity contribution in [3.8, 4) is 11.3 Å². The molecule has 3 N–H and O–H groups in total. The van der Waals surface area contributed by atoms with Gasteiger partial charge in [-0.2, -0.15) is 5.10 Å². The summed E-state index contributed by atoms with van der Waals surface area (Å²) in [5.41, 5.74) is 2.43. The van der Waals surface area contributed by atoms with Crippen LogP contribution in [0.1, 0.15) is 25.5 Å². The molecule has 154 valence electrons. The highest BCUT2D eigenvalue weighted by molar-refractivity contribution is 6.32. The minimum Gasteiger partial charge on any atom is -0.353 e. The Morgan fingerprint density at radius 1 is 1.14 bits per heavy atom. The molecule has 29 heavy (non-hydrogen) atoms. The van der Waals surface area contributed by atoms with Crippen molar-refractivity contribution in [3.05, 3.63) is 35.5 Å². The number of H-pyrrole nitrogens is 1. The third-order valence-corrected chi connectivity index (χ3v) is 4.83. The molecule has 0 saturated carbocycles. The molecule has 0 unspecified atom stereocenters. The molecule has 1 fully saturated rings. The van der Waals surface area contributed by atoms with Crippen LogP contribution in [0, 0.1) is 0 Å². The zero-order valence-corrected chi connectivity index (χ0v) is 17.8. The fraction of sp³-hybridized carbons (Fsp3) is 0.389. The topological polar surface area (TPSA) is 108 Å². The predicted octanol–water partition coefficient (Wildman–Crippen LogP) is 3.01. The van der Waals surface area contributed by atoms with E-state index in [9.17, 15) is 0 Å². The fourth-order valence-electron chi connectivity index (χ4n) is 3.11. The van der Waals surface area contributed by atoms with Crippen LogP contribution in [0.4, 0.5) is 17.6 Å². The Labute approximate surface area is 180 Å². The summed E-state index contributed by atoms with van der Waals surface area (Å²) in [6, 6.07) is 1.81. The number of aromatic nitrogens is 6. The maximum absolute atomic E-state index is 6.27. The Morgan fingerprint density at radius 3 is 2.62 bits per heavy atom. The van der Waals surface area contributed by atoms with E-state index in [0.29, 0.717) is 22.6 Å². The van der Waals surface area contributed by atoms with E-state index in [2.05, 4.69) is 59.5 Å². The summed E-state index contributed by atoms with van der Waals surface area (Å²) in [4.78, 5) is 20.0. The Kier molecular flexibility index (Phi) is 6.83. The first-order valence-corrected chi connectivity index (χ1v) is 9.61. The Hall–Kier alpha value is -2.49. The number of aromatic amines is 1. The summed E-state index contributed by atoms with van der Waals surface area (Å²) in [6.45, 7) is 7.91. The average molecular weight is 436 g/mol. The molecule has 0 spiro atoms. The number of halogens is 2. The summed E-state index contributed by atoms with van der Waals surface area (Å²) in [7, 11) is 0. The van der Waals surface area contributed by atoms with Gasteiger partial charge in [-0.25, -0.2) is 19.9 Å². The van der Waals surface area contributed by atoms with Crippen LogP contribution in [-0.4, -0.2) is 56.3 Å². The van der Waals surface area contributed by atoms with Crippen molar-refractivity contribution in [2.45, 2.75) is 19.8 Å². The maximum Gasteiger partial charge on any atom is 0.228 e. The number of hydrogen-bond donors (Lipinski definition) is 3. The summed E-state index contributed by atoms with van der Waals surface area (Å²) in [6.07, 6.45) is 5.14. The highest BCUT2D eigenvalue weighted by Gasteiger charge is 2.18. The SMILES string of the molecule is CC(C)c1[nH]nc(Cl)c1-c1ccnc(Nc2cnc(N3CCNCC3)cn2)n1.Cl. The average Bonchev–Trinajstić information content (AvgIpc) is 3.11. The smallest absolute Gasteiger partial charge is 0.228 e. The Morgan fingerprint density at radius 2 is 1.93 bits per heavy atom. The van der Waals surface area contributed by atoms with Crippen LogP contribution in [0.5, 0.6) is 0 Å². The minimum atomic E-state index is 0. The van der Waals surface area contributed by atoms with Gasteiger partial charge < -0.3 is 15.5 Å². The summed E-state index contributed by atoms with van der Waals surface area (Å²) < 4.78 is 0. The lowest BCUT2D eigenvalue weighted by Crippen LogP contribution is -2.43. The molecule has 1 saturated heterocycles. The molecule has 0 aliphatic carbocycles. The van der Waals surface area contributed by atoms with Gasteiger partial charge in [0.25, 0.3) is 0 Å². The van der Waals surface area contributed by atoms with Crippen molar-refractivity contribution in [1.29, 1.82) is 0 Å². The van der Waals surface area contributed by atoms with E-state index < -0.39 is 0 Å². The van der Waals surface area contributed by atoms with Gasteiger partial charge in [-0.3, -0.25) is 5.10 Å². The first-order chi connectivity index (χ1) is 13.6. The normalized spacial score (nSPS) is 14.0. The van der Waals surface area contributed by atoms with Crippen molar-refractivity contribution in [2.24, 2.45) is 0 Å². The monoisotopic (exact) mass is 435 g/mol. The number of nitrogens with zero attached hydrogens (tertiary/aromatic N) is 6. The largest absolute Gasteiger partial charge is 0.353 e. The second-order valence-corrected chi connectivity index (χ2v) is 7.20. The van der Waals surface area contributed by atoms with Gasteiger partial charge in [0.1, 0.15) is 5.82 Å². The molecule has 9 nitrogen and oxygen atoms in total. The second kappa shape index (κ2) is 9.34. The quantitative estimate of drug-likeness (QED) is 0.560. The molecule has 4 rings (SSSR count). The van der Waals surface area contributed by atoms with Crippen LogP contribution >= 0.6 is 24.0 Å². The van der Waals surface area contributed by atoms with Gasteiger partial charge in [0.2, 0.25) is 5.95 Å². The molecule has 0 amide bonds. The standard InChI is InChI=1S/C18H22ClN9.ClH/c1-11(2)16-15(17(19)27-26-16)12-3-4-21-18(24-12)25-13-9-23-14(10-22-13)28-7-5-20-6-8-28;/h3-4,9-11,20H,5-8H2,1-2H3,(H,26,27)(H,21,22,24,25);1H. The zero-order valence-electron chi connectivity index (χ0n) is 16.2.